The maximum absolute atomic E-state index is 12.3. The Hall–Kier alpha value is -1.73. The molecule has 28 heavy (non-hydrogen) atoms. The van der Waals surface area contributed by atoms with Gasteiger partial charge in [-0.15, -0.1) is 0 Å². The van der Waals surface area contributed by atoms with Crippen molar-refractivity contribution in [2.75, 3.05) is 51.2 Å². The van der Waals surface area contributed by atoms with Crippen LogP contribution < -0.4 is 5.32 Å². The van der Waals surface area contributed by atoms with Gasteiger partial charge in [-0.3, -0.25) is 4.79 Å². The number of aromatic nitrogens is 2. The number of hydrogen-bond donors (Lipinski definition) is 1. The molecule has 154 valence electrons. The molecule has 3 aliphatic rings. The lowest BCUT2D eigenvalue weighted by Gasteiger charge is -2.38. The number of amides is 1. The molecule has 3 fully saturated rings. The Balaban J connectivity index is 1.21. The summed E-state index contributed by atoms with van der Waals surface area (Å²) in [6.45, 7) is 8.09. The van der Waals surface area contributed by atoms with Crippen molar-refractivity contribution < 1.29 is 9.53 Å². The zero-order valence-electron chi connectivity index (χ0n) is 17.0. The van der Waals surface area contributed by atoms with Crippen LogP contribution in [0, 0.1) is 11.8 Å². The number of morpholine rings is 1. The number of anilines is 1. The SMILES string of the molecule is CCc1cnc(NC[C@H]2CN(CC3CCN(CC4CC4)CC3)C(=O)CO2)nc1. The van der Waals surface area contributed by atoms with Crippen molar-refractivity contribution in [1.82, 2.24) is 19.8 Å². The molecule has 1 aromatic rings. The van der Waals surface area contributed by atoms with Gasteiger partial charge >= 0.3 is 0 Å². The first kappa shape index (κ1) is 19.6. The quantitative estimate of drug-likeness (QED) is 0.734. The van der Waals surface area contributed by atoms with Gasteiger partial charge < -0.3 is 19.9 Å². The second-order valence-electron chi connectivity index (χ2n) is 8.57. The van der Waals surface area contributed by atoms with E-state index in [1.54, 1.807) is 0 Å². The smallest absolute Gasteiger partial charge is 0.248 e. The Kier molecular flexibility index (Phi) is 6.42. The number of rotatable bonds is 8. The van der Waals surface area contributed by atoms with Crippen LogP contribution in [0.3, 0.4) is 0 Å². The standard InChI is InChI=1S/C21H33N5O2/c1-2-16-9-22-21(23-10-16)24-11-19-14-26(20(27)15-28-19)13-18-5-7-25(8-6-18)12-17-3-4-17/h9-10,17-19H,2-8,11-15H2,1H3,(H,22,23,24)/t19-/m0/s1. The molecular formula is C21H33N5O2. The Bertz CT molecular complexity index is 641. The van der Waals surface area contributed by atoms with Crippen LogP contribution in [-0.2, 0) is 16.0 Å². The minimum Gasteiger partial charge on any atom is -0.365 e. The molecule has 0 bridgehead atoms. The lowest BCUT2D eigenvalue weighted by atomic mass is 9.95. The second kappa shape index (κ2) is 9.18. The van der Waals surface area contributed by atoms with Gasteiger partial charge in [-0.25, -0.2) is 9.97 Å². The highest BCUT2D eigenvalue weighted by Crippen LogP contribution is 2.31. The summed E-state index contributed by atoms with van der Waals surface area (Å²) in [4.78, 5) is 25.6. The van der Waals surface area contributed by atoms with E-state index in [0.29, 0.717) is 25.0 Å². The fourth-order valence-corrected chi connectivity index (χ4v) is 4.14. The third-order valence-electron chi connectivity index (χ3n) is 6.22. The van der Waals surface area contributed by atoms with Crippen molar-refractivity contribution >= 4 is 11.9 Å². The van der Waals surface area contributed by atoms with Gasteiger partial charge in [0.15, 0.2) is 0 Å². The molecule has 2 aliphatic heterocycles. The van der Waals surface area contributed by atoms with E-state index >= 15 is 0 Å². The van der Waals surface area contributed by atoms with Gasteiger partial charge in [0.2, 0.25) is 11.9 Å². The molecule has 1 aromatic heterocycles. The monoisotopic (exact) mass is 387 g/mol. The lowest BCUT2D eigenvalue weighted by Crippen LogP contribution is -2.51. The average molecular weight is 388 g/mol. The molecular weight excluding hydrogens is 354 g/mol. The lowest BCUT2D eigenvalue weighted by molar-refractivity contribution is -0.149. The van der Waals surface area contributed by atoms with Crippen LogP contribution in [0.15, 0.2) is 12.4 Å². The summed E-state index contributed by atoms with van der Waals surface area (Å²) >= 11 is 0. The van der Waals surface area contributed by atoms with Gasteiger partial charge in [0.1, 0.15) is 6.61 Å². The van der Waals surface area contributed by atoms with Gasteiger partial charge in [-0.05, 0) is 62.6 Å². The molecule has 4 rings (SSSR count). The second-order valence-corrected chi connectivity index (χ2v) is 8.57. The van der Waals surface area contributed by atoms with Gasteiger partial charge in [0.25, 0.3) is 0 Å². The Morgan fingerprint density at radius 3 is 2.50 bits per heavy atom. The number of nitrogens with one attached hydrogen (secondary N) is 1. The minimum absolute atomic E-state index is 0.0119. The van der Waals surface area contributed by atoms with E-state index in [4.69, 9.17) is 4.74 Å². The van der Waals surface area contributed by atoms with Crippen molar-refractivity contribution in [1.29, 1.82) is 0 Å². The number of nitrogens with zero attached hydrogens (tertiary/aromatic N) is 4. The van der Waals surface area contributed by atoms with E-state index in [1.165, 1.54) is 45.3 Å². The third kappa shape index (κ3) is 5.41. The Labute approximate surface area is 167 Å². The van der Waals surface area contributed by atoms with Gasteiger partial charge in [0, 0.05) is 38.6 Å². The van der Waals surface area contributed by atoms with Gasteiger partial charge in [-0.2, -0.15) is 0 Å². The molecule has 0 radical (unpaired) electrons. The van der Waals surface area contributed by atoms with E-state index in [9.17, 15) is 4.79 Å². The van der Waals surface area contributed by atoms with Crippen molar-refractivity contribution in [3.05, 3.63) is 18.0 Å². The topological polar surface area (TPSA) is 70.6 Å². The minimum atomic E-state index is -0.0119. The molecule has 0 aromatic carbocycles. The summed E-state index contributed by atoms with van der Waals surface area (Å²) in [5.74, 6) is 2.33. The highest BCUT2D eigenvalue weighted by Gasteiger charge is 2.31. The van der Waals surface area contributed by atoms with Crippen molar-refractivity contribution in [3.63, 3.8) is 0 Å². The first-order valence-corrected chi connectivity index (χ1v) is 10.9. The summed E-state index contributed by atoms with van der Waals surface area (Å²) in [6, 6.07) is 0. The maximum atomic E-state index is 12.3. The molecule has 1 saturated carbocycles. The largest absolute Gasteiger partial charge is 0.365 e. The third-order valence-corrected chi connectivity index (χ3v) is 6.22. The van der Waals surface area contributed by atoms with Crippen molar-refractivity contribution in [2.45, 2.75) is 45.1 Å². The van der Waals surface area contributed by atoms with Crippen LogP contribution in [0.1, 0.15) is 38.2 Å². The highest BCUT2D eigenvalue weighted by atomic mass is 16.5. The zero-order chi connectivity index (χ0) is 19.3. The van der Waals surface area contributed by atoms with E-state index in [0.717, 1.165) is 24.4 Å². The van der Waals surface area contributed by atoms with E-state index in [-0.39, 0.29) is 18.6 Å². The number of ether oxygens (including phenoxy) is 1. The number of likely N-dealkylation sites (tertiary alicyclic amines) is 1. The summed E-state index contributed by atoms with van der Waals surface area (Å²) < 4.78 is 5.73. The highest BCUT2D eigenvalue weighted by molar-refractivity contribution is 5.78. The van der Waals surface area contributed by atoms with Crippen LogP contribution in [0.2, 0.25) is 0 Å². The number of piperidine rings is 1. The summed E-state index contributed by atoms with van der Waals surface area (Å²) in [5.41, 5.74) is 1.12. The normalized spacial score (nSPS) is 24.5. The van der Waals surface area contributed by atoms with Gasteiger partial charge in [-0.1, -0.05) is 6.92 Å². The molecule has 0 unspecified atom stereocenters. The molecule has 0 spiro atoms. The number of carbonyl (C=O) groups is 1. The van der Waals surface area contributed by atoms with Crippen molar-refractivity contribution in [3.8, 4) is 0 Å². The predicted molar refractivity (Wildman–Crippen MR) is 108 cm³/mol. The number of hydrogen-bond acceptors (Lipinski definition) is 6. The van der Waals surface area contributed by atoms with Gasteiger partial charge in [0.05, 0.1) is 6.10 Å². The predicted octanol–water partition coefficient (Wildman–Crippen LogP) is 1.80. The van der Waals surface area contributed by atoms with Crippen LogP contribution >= 0.6 is 0 Å². The fourth-order valence-electron chi connectivity index (χ4n) is 4.14. The fraction of sp³-hybridized carbons (Fsp3) is 0.762. The first-order valence-electron chi connectivity index (χ1n) is 10.9. The average Bonchev–Trinajstić information content (AvgIpc) is 3.54. The molecule has 2 saturated heterocycles. The van der Waals surface area contributed by atoms with Crippen molar-refractivity contribution in [2.24, 2.45) is 11.8 Å². The van der Waals surface area contributed by atoms with Crippen LogP contribution in [0.25, 0.3) is 0 Å². The van der Waals surface area contributed by atoms with Crippen LogP contribution in [-0.4, -0.2) is 77.7 Å². The summed E-state index contributed by atoms with van der Waals surface area (Å²) in [6.07, 6.45) is 9.88. The number of carbonyl (C=O) groups excluding carboxylic acids is 1. The Morgan fingerprint density at radius 2 is 1.82 bits per heavy atom. The maximum Gasteiger partial charge on any atom is 0.248 e. The van der Waals surface area contributed by atoms with E-state index in [1.807, 2.05) is 17.3 Å². The number of aryl methyl sites for hydroxylation is 1. The molecule has 3 heterocycles. The summed E-state index contributed by atoms with van der Waals surface area (Å²) in [5, 5.41) is 3.24. The van der Waals surface area contributed by atoms with E-state index in [2.05, 4.69) is 27.1 Å². The Morgan fingerprint density at radius 1 is 1.11 bits per heavy atom. The zero-order valence-corrected chi connectivity index (χ0v) is 17.0. The molecule has 1 N–H and O–H groups in total. The first-order chi connectivity index (χ1) is 13.7. The van der Waals surface area contributed by atoms with Crippen LogP contribution in [0.4, 0.5) is 5.95 Å². The van der Waals surface area contributed by atoms with E-state index < -0.39 is 0 Å². The molecule has 7 nitrogen and oxygen atoms in total. The molecule has 1 atom stereocenters. The van der Waals surface area contributed by atoms with Crippen LogP contribution in [0.5, 0.6) is 0 Å². The molecule has 1 aliphatic carbocycles. The molecule has 1 amide bonds. The summed E-state index contributed by atoms with van der Waals surface area (Å²) in [7, 11) is 0. The molecule has 7 heteroatoms.